The van der Waals surface area contributed by atoms with Gasteiger partial charge in [0.15, 0.2) is 0 Å². The highest BCUT2D eigenvalue weighted by molar-refractivity contribution is 5.85. The molecule has 2 fully saturated rings. The summed E-state index contributed by atoms with van der Waals surface area (Å²) in [6.45, 7) is 4.77. The molecule has 3 rings (SSSR count). The Morgan fingerprint density at radius 1 is 1.32 bits per heavy atom. The third-order valence-electron chi connectivity index (χ3n) is 5.65. The van der Waals surface area contributed by atoms with Crippen molar-refractivity contribution in [1.82, 2.24) is 14.8 Å². The highest BCUT2D eigenvalue weighted by Gasteiger charge is 2.54. The van der Waals surface area contributed by atoms with Crippen LogP contribution in [0.4, 0.5) is 5.82 Å². The Morgan fingerprint density at radius 3 is 2.76 bits per heavy atom. The Kier molecular flexibility index (Phi) is 4.97. The Hall–Kier alpha value is -2.11. The molecule has 0 saturated carbocycles. The molecule has 0 bridgehead atoms. The van der Waals surface area contributed by atoms with Crippen molar-refractivity contribution in [2.45, 2.75) is 26.2 Å². The van der Waals surface area contributed by atoms with Gasteiger partial charge in [0.25, 0.3) is 0 Å². The van der Waals surface area contributed by atoms with Crippen LogP contribution in [0.5, 0.6) is 0 Å². The van der Waals surface area contributed by atoms with Crippen LogP contribution in [0.25, 0.3) is 0 Å². The second-order valence-electron chi connectivity index (χ2n) is 7.42. The number of aromatic nitrogens is 1. The Balaban J connectivity index is 1.92. The molecule has 2 saturated heterocycles. The zero-order chi connectivity index (χ0) is 18.0. The maximum absolute atomic E-state index is 13.2. The first-order valence-electron chi connectivity index (χ1n) is 9.13. The van der Waals surface area contributed by atoms with Gasteiger partial charge in [-0.05, 0) is 25.0 Å². The number of fused-ring (bicyclic) bond motifs is 1. The van der Waals surface area contributed by atoms with Gasteiger partial charge in [-0.15, -0.1) is 0 Å². The molecule has 6 nitrogen and oxygen atoms in total. The van der Waals surface area contributed by atoms with Gasteiger partial charge in [-0.3, -0.25) is 9.59 Å². The lowest BCUT2D eigenvalue weighted by atomic mass is 9.74. The topological polar surface area (TPSA) is 56.8 Å². The molecule has 2 aliphatic heterocycles. The third kappa shape index (κ3) is 3.22. The van der Waals surface area contributed by atoms with E-state index in [9.17, 15) is 9.59 Å². The van der Waals surface area contributed by atoms with Crippen LogP contribution in [-0.4, -0.2) is 66.9 Å². The molecule has 6 heteroatoms. The van der Waals surface area contributed by atoms with E-state index in [-0.39, 0.29) is 17.7 Å². The van der Waals surface area contributed by atoms with Gasteiger partial charge in [-0.25, -0.2) is 4.98 Å². The molecule has 2 atom stereocenters. The van der Waals surface area contributed by atoms with Crippen molar-refractivity contribution in [1.29, 1.82) is 0 Å². The quantitative estimate of drug-likeness (QED) is 0.836. The zero-order valence-electron chi connectivity index (χ0n) is 15.4. The first-order valence-corrected chi connectivity index (χ1v) is 9.13. The molecule has 0 N–H and O–H groups in total. The summed E-state index contributed by atoms with van der Waals surface area (Å²) in [5, 5.41) is 0. The molecule has 25 heavy (non-hydrogen) atoms. The zero-order valence-corrected chi connectivity index (χ0v) is 15.4. The van der Waals surface area contributed by atoms with Gasteiger partial charge in [0.2, 0.25) is 11.8 Å². The van der Waals surface area contributed by atoms with E-state index in [1.54, 1.807) is 11.1 Å². The predicted molar refractivity (Wildman–Crippen MR) is 97.2 cm³/mol. The fraction of sp³-hybridized carbons (Fsp3) is 0.632. The number of amides is 2. The summed E-state index contributed by atoms with van der Waals surface area (Å²) in [5.41, 5.74) is -0.427. The van der Waals surface area contributed by atoms with E-state index >= 15 is 0 Å². The van der Waals surface area contributed by atoms with Crippen molar-refractivity contribution in [2.24, 2.45) is 11.3 Å². The van der Waals surface area contributed by atoms with E-state index in [4.69, 9.17) is 0 Å². The highest BCUT2D eigenvalue weighted by Crippen LogP contribution is 2.45. The van der Waals surface area contributed by atoms with E-state index < -0.39 is 5.41 Å². The lowest BCUT2D eigenvalue weighted by molar-refractivity contribution is -0.142. The van der Waals surface area contributed by atoms with Gasteiger partial charge in [0.1, 0.15) is 5.82 Å². The monoisotopic (exact) mass is 344 g/mol. The molecule has 2 amide bonds. The molecule has 3 heterocycles. The SMILES string of the molecule is CCC(=O)N1CCC[C@]2(C(=O)N(C)C)CN(c3ccccn3)C[C@@H]2C1. The lowest BCUT2D eigenvalue weighted by Crippen LogP contribution is -2.47. The van der Waals surface area contributed by atoms with Gasteiger partial charge in [-0.1, -0.05) is 13.0 Å². The number of likely N-dealkylation sites (tertiary alicyclic amines) is 1. The largest absolute Gasteiger partial charge is 0.355 e. The maximum atomic E-state index is 13.2. The molecule has 0 aliphatic carbocycles. The third-order valence-corrected chi connectivity index (χ3v) is 5.65. The molecular formula is C19H28N4O2. The predicted octanol–water partition coefficient (Wildman–Crippen LogP) is 1.62. The van der Waals surface area contributed by atoms with Crippen LogP contribution in [0.2, 0.25) is 0 Å². The van der Waals surface area contributed by atoms with Crippen molar-refractivity contribution in [3.8, 4) is 0 Å². The smallest absolute Gasteiger partial charge is 0.230 e. The van der Waals surface area contributed by atoms with Crippen LogP contribution in [0.15, 0.2) is 24.4 Å². The second kappa shape index (κ2) is 7.02. The molecular weight excluding hydrogens is 316 g/mol. The van der Waals surface area contributed by atoms with E-state index in [0.29, 0.717) is 19.5 Å². The molecule has 0 unspecified atom stereocenters. The number of anilines is 1. The maximum Gasteiger partial charge on any atom is 0.230 e. The van der Waals surface area contributed by atoms with Crippen LogP contribution in [-0.2, 0) is 9.59 Å². The van der Waals surface area contributed by atoms with Crippen molar-refractivity contribution < 1.29 is 9.59 Å². The van der Waals surface area contributed by atoms with Gasteiger partial charge < -0.3 is 14.7 Å². The van der Waals surface area contributed by atoms with Crippen LogP contribution < -0.4 is 4.90 Å². The van der Waals surface area contributed by atoms with Gasteiger partial charge in [0.05, 0.1) is 5.41 Å². The molecule has 136 valence electrons. The fourth-order valence-corrected chi connectivity index (χ4v) is 4.39. The number of nitrogens with zero attached hydrogens (tertiary/aromatic N) is 4. The number of pyridine rings is 1. The van der Waals surface area contributed by atoms with Crippen molar-refractivity contribution in [3.63, 3.8) is 0 Å². The Morgan fingerprint density at radius 2 is 2.12 bits per heavy atom. The molecule has 0 radical (unpaired) electrons. The minimum absolute atomic E-state index is 0.141. The second-order valence-corrected chi connectivity index (χ2v) is 7.42. The van der Waals surface area contributed by atoms with E-state index in [1.807, 2.05) is 44.1 Å². The lowest BCUT2D eigenvalue weighted by Gasteiger charge is -2.34. The number of hydrogen-bond donors (Lipinski definition) is 0. The van der Waals surface area contributed by atoms with Crippen molar-refractivity contribution in [2.75, 3.05) is 45.2 Å². The number of rotatable bonds is 3. The normalized spacial score (nSPS) is 26.1. The van der Waals surface area contributed by atoms with E-state index in [0.717, 1.165) is 31.7 Å². The minimum atomic E-state index is -0.427. The molecule has 0 aromatic carbocycles. The molecule has 2 aliphatic rings. The summed E-state index contributed by atoms with van der Waals surface area (Å²) >= 11 is 0. The molecule has 1 aromatic heterocycles. The summed E-state index contributed by atoms with van der Waals surface area (Å²) in [7, 11) is 3.66. The van der Waals surface area contributed by atoms with Crippen LogP contribution >= 0.6 is 0 Å². The van der Waals surface area contributed by atoms with Crippen molar-refractivity contribution >= 4 is 17.6 Å². The number of carbonyl (C=O) groups excluding carboxylic acids is 2. The average molecular weight is 344 g/mol. The van der Waals surface area contributed by atoms with Gasteiger partial charge in [0, 0.05) is 58.8 Å². The average Bonchev–Trinajstić information content (AvgIpc) is 2.90. The fourth-order valence-electron chi connectivity index (χ4n) is 4.39. The Bertz CT molecular complexity index is 634. The van der Waals surface area contributed by atoms with Gasteiger partial charge >= 0.3 is 0 Å². The number of carbonyl (C=O) groups is 2. The summed E-state index contributed by atoms with van der Waals surface area (Å²) < 4.78 is 0. The van der Waals surface area contributed by atoms with Gasteiger partial charge in [-0.2, -0.15) is 0 Å². The first-order chi connectivity index (χ1) is 12.0. The molecule has 0 spiro atoms. The summed E-state index contributed by atoms with van der Waals surface area (Å²) in [4.78, 5) is 35.8. The van der Waals surface area contributed by atoms with E-state index in [2.05, 4.69) is 9.88 Å². The summed E-state index contributed by atoms with van der Waals surface area (Å²) in [6, 6.07) is 5.87. The highest BCUT2D eigenvalue weighted by atomic mass is 16.2. The van der Waals surface area contributed by atoms with Crippen LogP contribution in [0.1, 0.15) is 26.2 Å². The Labute approximate surface area is 149 Å². The number of hydrogen-bond acceptors (Lipinski definition) is 4. The van der Waals surface area contributed by atoms with Crippen LogP contribution in [0.3, 0.4) is 0 Å². The minimum Gasteiger partial charge on any atom is -0.355 e. The molecule has 1 aromatic rings. The summed E-state index contributed by atoms with van der Waals surface area (Å²) in [6.07, 6.45) is 4.01. The standard InChI is InChI=1S/C19H28N4O2/c1-4-17(24)22-11-7-9-19(18(25)21(2)3)14-23(13-15(19)12-22)16-8-5-6-10-20-16/h5-6,8,10,15H,4,7,9,11-14H2,1-3H3/t15-,19-/m0/s1. The first kappa shape index (κ1) is 17.7. The van der Waals surface area contributed by atoms with Crippen LogP contribution in [0, 0.1) is 11.3 Å². The summed E-state index contributed by atoms with van der Waals surface area (Å²) in [5.74, 6) is 1.42. The van der Waals surface area contributed by atoms with E-state index in [1.165, 1.54) is 0 Å². The van der Waals surface area contributed by atoms with Crippen molar-refractivity contribution in [3.05, 3.63) is 24.4 Å².